The summed E-state index contributed by atoms with van der Waals surface area (Å²) in [6.07, 6.45) is 0.898. The summed E-state index contributed by atoms with van der Waals surface area (Å²) in [5.41, 5.74) is 5.55. The highest BCUT2D eigenvalue weighted by molar-refractivity contribution is 4.88. The molecule has 0 rings (SSSR count). The van der Waals surface area contributed by atoms with Gasteiger partial charge in [0.05, 0.1) is 6.10 Å². The third kappa shape index (κ3) is 2.63. The Bertz CT molecular complexity index is 90.9. The van der Waals surface area contributed by atoms with Crippen molar-refractivity contribution in [3.8, 4) is 0 Å². The van der Waals surface area contributed by atoms with Crippen molar-refractivity contribution in [2.24, 2.45) is 11.7 Å². The minimum atomic E-state index is -0.565. The van der Waals surface area contributed by atoms with Gasteiger partial charge in [0.2, 0.25) is 0 Å². The van der Waals surface area contributed by atoms with Crippen LogP contribution >= 0.6 is 0 Å². The van der Waals surface area contributed by atoms with Gasteiger partial charge in [0.15, 0.2) is 0 Å². The summed E-state index contributed by atoms with van der Waals surface area (Å²) < 4.78 is 0. The molecule has 0 aromatic heterocycles. The third-order valence-corrected chi connectivity index (χ3v) is 1.41. The maximum absolute atomic E-state index is 9.05. The van der Waals surface area contributed by atoms with Crippen molar-refractivity contribution >= 4 is 0 Å². The van der Waals surface area contributed by atoms with Crippen molar-refractivity contribution in [3.63, 3.8) is 0 Å². The van der Waals surface area contributed by atoms with Crippen LogP contribution in [-0.2, 0) is 0 Å². The van der Waals surface area contributed by atoms with Gasteiger partial charge in [0.25, 0.3) is 0 Å². The summed E-state index contributed by atoms with van der Waals surface area (Å²) in [5, 5.41) is 9.05. The van der Waals surface area contributed by atoms with Crippen LogP contribution in [0.5, 0.6) is 0 Å². The Hall–Kier alpha value is -0.340. The molecule has 2 heteroatoms. The molecule has 0 aromatic rings. The quantitative estimate of drug-likeness (QED) is 0.546. The number of aliphatic hydroxyl groups excluding tert-OH is 1. The van der Waals surface area contributed by atoms with Crippen LogP contribution in [0.3, 0.4) is 0 Å². The van der Waals surface area contributed by atoms with Crippen LogP contribution in [0.15, 0.2) is 12.7 Å². The van der Waals surface area contributed by atoms with Gasteiger partial charge in [0, 0.05) is 6.04 Å². The minimum Gasteiger partial charge on any atom is -0.387 e. The average Bonchev–Trinajstić information content (AvgIpc) is 1.84. The van der Waals surface area contributed by atoms with Crippen molar-refractivity contribution in [1.82, 2.24) is 0 Å². The molecule has 0 aliphatic carbocycles. The van der Waals surface area contributed by atoms with Crippen LogP contribution in [0, 0.1) is 5.92 Å². The van der Waals surface area contributed by atoms with Gasteiger partial charge in [0.1, 0.15) is 0 Å². The molecular weight excluding hydrogens is 114 g/mol. The Morgan fingerprint density at radius 3 is 2.11 bits per heavy atom. The predicted octanol–water partition coefficient (Wildman–Crippen LogP) is 0.517. The number of nitrogens with two attached hydrogens (primary N) is 1. The average molecular weight is 129 g/mol. The van der Waals surface area contributed by atoms with E-state index in [9.17, 15) is 0 Å². The first kappa shape index (κ1) is 8.66. The van der Waals surface area contributed by atoms with Gasteiger partial charge >= 0.3 is 0 Å². The molecule has 54 valence electrons. The topological polar surface area (TPSA) is 46.2 Å². The number of rotatable bonds is 3. The first-order valence-corrected chi connectivity index (χ1v) is 3.15. The van der Waals surface area contributed by atoms with Crippen LogP contribution in [-0.4, -0.2) is 17.3 Å². The van der Waals surface area contributed by atoms with Crippen molar-refractivity contribution < 1.29 is 5.11 Å². The van der Waals surface area contributed by atoms with Gasteiger partial charge in [-0.3, -0.25) is 0 Å². The molecule has 0 bridgehead atoms. The molecule has 0 spiro atoms. The largest absolute Gasteiger partial charge is 0.387 e. The Morgan fingerprint density at radius 2 is 2.00 bits per heavy atom. The lowest BCUT2D eigenvalue weighted by Gasteiger charge is -2.18. The van der Waals surface area contributed by atoms with E-state index < -0.39 is 6.10 Å². The number of aliphatic hydroxyl groups is 1. The van der Waals surface area contributed by atoms with Crippen molar-refractivity contribution in [1.29, 1.82) is 0 Å². The number of hydrogen-bond acceptors (Lipinski definition) is 2. The zero-order valence-corrected chi connectivity index (χ0v) is 6.04. The van der Waals surface area contributed by atoms with Crippen LogP contribution in [0.2, 0.25) is 0 Å². The maximum Gasteiger partial charge on any atom is 0.0871 e. The predicted molar refractivity (Wildman–Crippen MR) is 39.0 cm³/mol. The summed E-state index contributed by atoms with van der Waals surface area (Å²) in [6, 6.07) is -0.178. The molecular formula is C7H15NO. The van der Waals surface area contributed by atoms with E-state index in [0.717, 1.165) is 0 Å². The van der Waals surface area contributed by atoms with E-state index >= 15 is 0 Å². The molecule has 0 aliphatic heterocycles. The van der Waals surface area contributed by atoms with E-state index in [1.54, 1.807) is 0 Å². The number of hydrogen-bond donors (Lipinski definition) is 2. The molecule has 9 heavy (non-hydrogen) atoms. The lowest BCUT2D eigenvalue weighted by atomic mass is 10.00. The summed E-state index contributed by atoms with van der Waals surface area (Å²) in [7, 11) is 0. The first-order valence-electron chi connectivity index (χ1n) is 3.15. The standard InChI is InChI=1S/C7H15NO/c1-4-6(9)7(8)5(2)3/h4-7,9H,1,8H2,2-3H3/t6-,7+/m1/s1. The third-order valence-electron chi connectivity index (χ3n) is 1.41. The summed E-state index contributed by atoms with van der Waals surface area (Å²) in [4.78, 5) is 0. The molecule has 0 amide bonds. The lowest BCUT2D eigenvalue weighted by Crippen LogP contribution is -2.37. The second-order valence-electron chi connectivity index (χ2n) is 2.55. The van der Waals surface area contributed by atoms with E-state index in [2.05, 4.69) is 6.58 Å². The molecule has 0 fully saturated rings. The second kappa shape index (κ2) is 3.64. The molecule has 0 unspecified atom stereocenters. The highest BCUT2D eigenvalue weighted by Gasteiger charge is 2.13. The zero-order chi connectivity index (χ0) is 7.44. The minimum absolute atomic E-state index is 0.178. The Labute approximate surface area is 56.4 Å². The van der Waals surface area contributed by atoms with E-state index in [0.29, 0.717) is 5.92 Å². The van der Waals surface area contributed by atoms with Gasteiger partial charge < -0.3 is 10.8 Å². The van der Waals surface area contributed by atoms with E-state index in [1.807, 2.05) is 13.8 Å². The van der Waals surface area contributed by atoms with Crippen LogP contribution in [0.1, 0.15) is 13.8 Å². The molecule has 2 atom stereocenters. The van der Waals surface area contributed by atoms with Crippen molar-refractivity contribution in [3.05, 3.63) is 12.7 Å². The summed E-state index contributed by atoms with van der Waals surface area (Å²) in [5.74, 6) is 0.304. The van der Waals surface area contributed by atoms with Gasteiger partial charge in [-0.25, -0.2) is 0 Å². The fourth-order valence-corrected chi connectivity index (χ4v) is 0.551. The Morgan fingerprint density at radius 1 is 1.56 bits per heavy atom. The van der Waals surface area contributed by atoms with Crippen LogP contribution in [0.25, 0.3) is 0 Å². The highest BCUT2D eigenvalue weighted by Crippen LogP contribution is 2.03. The fourth-order valence-electron chi connectivity index (χ4n) is 0.551. The van der Waals surface area contributed by atoms with Gasteiger partial charge in [-0.05, 0) is 5.92 Å². The maximum atomic E-state index is 9.05. The van der Waals surface area contributed by atoms with Gasteiger partial charge in [-0.1, -0.05) is 19.9 Å². The first-order chi connectivity index (χ1) is 4.09. The summed E-state index contributed by atoms with van der Waals surface area (Å²) >= 11 is 0. The van der Waals surface area contributed by atoms with Gasteiger partial charge in [-0.15, -0.1) is 6.58 Å². The van der Waals surface area contributed by atoms with Crippen molar-refractivity contribution in [2.75, 3.05) is 0 Å². The second-order valence-corrected chi connectivity index (χ2v) is 2.55. The molecule has 0 heterocycles. The van der Waals surface area contributed by atoms with Crippen LogP contribution < -0.4 is 5.73 Å². The molecule has 0 aliphatic rings. The molecule has 0 saturated heterocycles. The molecule has 0 radical (unpaired) electrons. The molecule has 0 aromatic carbocycles. The smallest absolute Gasteiger partial charge is 0.0871 e. The monoisotopic (exact) mass is 129 g/mol. The molecule has 3 N–H and O–H groups in total. The van der Waals surface area contributed by atoms with Crippen LogP contribution in [0.4, 0.5) is 0 Å². The summed E-state index contributed by atoms with van der Waals surface area (Å²) in [6.45, 7) is 7.37. The van der Waals surface area contributed by atoms with Crippen molar-refractivity contribution in [2.45, 2.75) is 26.0 Å². The lowest BCUT2D eigenvalue weighted by molar-refractivity contribution is 0.168. The molecule has 2 nitrogen and oxygen atoms in total. The van der Waals surface area contributed by atoms with E-state index in [1.165, 1.54) is 6.08 Å². The Balaban J connectivity index is 3.71. The zero-order valence-electron chi connectivity index (χ0n) is 6.04. The van der Waals surface area contributed by atoms with Gasteiger partial charge in [-0.2, -0.15) is 0 Å². The Kier molecular flexibility index (Phi) is 3.50. The van der Waals surface area contributed by atoms with E-state index in [-0.39, 0.29) is 6.04 Å². The highest BCUT2D eigenvalue weighted by atomic mass is 16.3. The SMILES string of the molecule is C=C[C@@H](O)[C@@H](N)C(C)C. The van der Waals surface area contributed by atoms with E-state index in [4.69, 9.17) is 10.8 Å². The fraction of sp³-hybridized carbons (Fsp3) is 0.714. The molecule has 0 saturated carbocycles. The normalized spacial score (nSPS) is 17.4.